The summed E-state index contributed by atoms with van der Waals surface area (Å²) in [6, 6.07) is 8.83. The first-order valence-electron chi connectivity index (χ1n) is 5.12. The van der Waals surface area contributed by atoms with E-state index in [-0.39, 0.29) is 12.3 Å². The van der Waals surface area contributed by atoms with Crippen LogP contribution in [0.2, 0.25) is 0 Å². The van der Waals surface area contributed by atoms with Gasteiger partial charge >= 0.3 is 0 Å². The normalized spacial score (nSPS) is 9.59. The molecule has 0 amide bonds. The van der Waals surface area contributed by atoms with E-state index in [9.17, 15) is 4.79 Å². The Morgan fingerprint density at radius 3 is 2.71 bits per heavy atom. The zero-order chi connectivity index (χ0) is 12.1. The molecule has 0 radical (unpaired) electrons. The Kier molecular flexibility index (Phi) is 3.22. The summed E-state index contributed by atoms with van der Waals surface area (Å²) >= 11 is 0. The van der Waals surface area contributed by atoms with Crippen molar-refractivity contribution in [1.82, 2.24) is 4.98 Å². The van der Waals surface area contributed by atoms with E-state index in [4.69, 9.17) is 5.26 Å². The van der Waals surface area contributed by atoms with E-state index in [2.05, 4.69) is 4.98 Å². The van der Waals surface area contributed by atoms with Gasteiger partial charge in [-0.2, -0.15) is 9.83 Å². The van der Waals surface area contributed by atoms with Gasteiger partial charge in [-0.05, 0) is 12.1 Å². The Morgan fingerprint density at radius 2 is 2.00 bits per heavy atom. The molecule has 0 unspecified atom stereocenters. The van der Waals surface area contributed by atoms with E-state index in [0.717, 1.165) is 0 Å². The van der Waals surface area contributed by atoms with E-state index >= 15 is 0 Å². The second-order valence-corrected chi connectivity index (χ2v) is 3.50. The maximum atomic E-state index is 12.0. The number of Topliss-reactive ketones (excluding diaryl/α,β-unsaturated/α-hetero) is 1. The molecule has 0 atom stereocenters. The second-order valence-electron chi connectivity index (χ2n) is 3.50. The number of benzene rings is 1. The lowest BCUT2D eigenvalue weighted by Gasteiger charge is -1.99. The zero-order valence-electron chi connectivity index (χ0n) is 9.08. The van der Waals surface area contributed by atoms with E-state index in [1.54, 1.807) is 53.6 Å². The molecule has 2 aromatic rings. The number of hydrogen-bond donors (Lipinski definition) is 0. The first-order valence-corrected chi connectivity index (χ1v) is 5.12. The molecule has 17 heavy (non-hydrogen) atoms. The van der Waals surface area contributed by atoms with Crippen molar-refractivity contribution in [3.05, 3.63) is 60.2 Å². The van der Waals surface area contributed by atoms with Crippen LogP contribution >= 0.6 is 0 Å². The third-order valence-corrected chi connectivity index (χ3v) is 2.36. The fourth-order valence-electron chi connectivity index (χ4n) is 1.53. The van der Waals surface area contributed by atoms with Gasteiger partial charge in [0, 0.05) is 5.56 Å². The van der Waals surface area contributed by atoms with Crippen molar-refractivity contribution in [2.24, 2.45) is 0 Å². The monoisotopic (exact) mass is 224 g/mol. The Morgan fingerprint density at radius 1 is 1.29 bits per heavy atom. The Labute approximate surface area is 98.8 Å². The van der Waals surface area contributed by atoms with Gasteiger partial charge in [-0.3, -0.25) is 9.78 Å². The maximum absolute atomic E-state index is 12.0. The lowest BCUT2D eigenvalue weighted by Crippen LogP contribution is -2.37. The van der Waals surface area contributed by atoms with Crippen LogP contribution in [0.3, 0.4) is 0 Å². The summed E-state index contributed by atoms with van der Waals surface area (Å²) in [6.07, 6.45) is 6.66. The van der Waals surface area contributed by atoms with Crippen LogP contribution in [0.4, 0.5) is 0 Å². The average Bonchev–Trinajstić information content (AvgIpc) is 2.40. The third kappa shape index (κ3) is 2.52. The molecule has 0 aliphatic heterocycles. The van der Waals surface area contributed by atoms with Crippen molar-refractivity contribution in [2.75, 3.05) is 0 Å². The molecule has 1 aromatic heterocycles. The fourth-order valence-corrected chi connectivity index (χ4v) is 1.53. The van der Waals surface area contributed by atoms with Gasteiger partial charge in [-0.15, -0.1) is 0 Å². The van der Waals surface area contributed by atoms with Gasteiger partial charge in [0.05, 0.1) is 24.0 Å². The van der Waals surface area contributed by atoms with Gasteiger partial charge in [0.1, 0.15) is 0 Å². The van der Waals surface area contributed by atoms with Gasteiger partial charge in [-0.1, -0.05) is 12.1 Å². The van der Waals surface area contributed by atoms with Crippen LogP contribution < -0.4 is 4.57 Å². The quantitative estimate of drug-likeness (QED) is 0.580. The number of carbonyl (C=O) groups excluding carboxylic acids is 1. The Bertz CT molecular complexity index is 573. The molecular weight excluding hydrogens is 214 g/mol. The predicted molar refractivity (Wildman–Crippen MR) is 59.9 cm³/mol. The number of nitriles is 1. The highest BCUT2D eigenvalue weighted by Gasteiger charge is 2.14. The van der Waals surface area contributed by atoms with Gasteiger partial charge in [-0.25, -0.2) is 0 Å². The molecule has 0 saturated heterocycles. The highest BCUT2D eigenvalue weighted by molar-refractivity contribution is 5.97. The van der Waals surface area contributed by atoms with Crippen LogP contribution in [0.25, 0.3) is 0 Å². The molecule has 82 valence electrons. The van der Waals surface area contributed by atoms with Crippen molar-refractivity contribution < 1.29 is 9.36 Å². The van der Waals surface area contributed by atoms with Crippen LogP contribution in [0.1, 0.15) is 15.9 Å². The summed E-state index contributed by atoms with van der Waals surface area (Å²) < 4.78 is 1.73. The molecule has 2 rings (SSSR count). The van der Waals surface area contributed by atoms with E-state index in [1.807, 2.05) is 6.07 Å². The van der Waals surface area contributed by atoms with Crippen LogP contribution in [0, 0.1) is 11.3 Å². The van der Waals surface area contributed by atoms with Gasteiger partial charge in [0.25, 0.3) is 0 Å². The molecule has 0 N–H and O–H groups in total. The minimum Gasteiger partial charge on any atom is -0.287 e. The molecule has 0 aliphatic rings. The zero-order valence-corrected chi connectivity index (χ0v) is 9.08. The second kappa shape index (κ2) is 4.99. The maximum Gasteiger partial charge on any atom is 0.228 e. The van der Waals surface area contributed by atoms with Crippen molar-refractivity contribution in [3.8, 4) is 6.07 Å². The van der Waals surface area contributed by atoms with E-state index < -0.39 is 0 Å². The molecule has 0 fully saturated rings. The van der Waals surface area contributed by atoms with Crippen molar-refractivity contribution in [2.45, 2.75) is 6.54 Å². The summed E-state index contributed by atoms with van der Waals surface area (Å²) in [5, 5.41) is 8.91. The molecule has 0 aliphatic carbocycles. The van der Waals surface area contributed by atoms with Crippen molar-refractivity contribution >= 4 is 5.78 Å². The number of carbonyl (C=O) groups is 1. The van der Waals surface area contributed by atoms with Crippen molar-refractivity contribution in [3.63, 3.8) is 0 Å². The molecule has 1 aromatic carbocycles. The van der Waals surface area contributed by atoms with Crippen LogP contribution in [0.15, 0.2) is 49.1 Å². The van der Waals surface area contributed by atoms with Gasteiger partial charge < -0.3 is 0 Å². The van der Waals surface area contributed by atoms with Crippen LogP contribution in [-0.4, -0.2) is 10.8 Å². The molecule has 4 nitrogen and oxygen atoms in total. The number of hydrogen-bond acceptors (Lipinski definition) is 3. The molecule has 0 bridgehead atoms. The first-order chi connectivity index (χ1) is 8.31. The fraction of sp³-hybridized carbons (Fsp3) is 0.0769. The smallest absolute Gasteiger partial charge is 0.228 e. The number of nitrogens with zero attached hydrogens (tertiary/aromatic N) is 3. The van der Waals surface area contributed by atoms with Crippen LogP contribution in [-0.2, 0) is 6.54 Å². The summed E-state index contributed by atoms with van der Waals surface area (Å²) in [5.41, 5.74) is 0.867. The molecule has 4 heteroatoms. The van der Waals surface area contributed by atoms with E-state index in [0.29, 0.717) is 11.1 Å². The largest absolute Gasteiger partial charge is 0.287 e. The lowest BCUT2D eigenvalue weighted by atomic mass is 10.0. The average molecular weight is 224 g/mol. The minimum atomic E-state index is -0.0849. The Hall–Kier alpha value is -2.54. The molecular formula is C13H10N3O+. The first kappa shape index (κ1) is 11.0. The SMILES string of the molecule is N#Cc1ccccc1C(=O)C[n+]1ccncc1. The van der Waals surface area contributed by atoms with Gasteiger partial charge in [0.15, 0.2) is 12.4 Å². The van der Waals surface area contributed by atoms with E-state index in [1.165, 1.54) is 0 Å². The molecule has 0 spiro atoms. The predicted octanol–water partition coefficient (Wildman–Crippen LogP) is 1.12. The number of rotatable bonds is 3. The highest BCUT2D eigenvalue weighted by atomic mass is 16.1. The summed E-state index contributed by atoms with van der Waals surface area (Å²) in [5.74, 6) is -0.0849. The summed E-state index contributed by atoms with van der Waals surface area (Å²) in [6.45, 7) is 0.210. The van der Waals surface area contributed by atoms with Crippen molar-refractivity contribution in [1.29, 1.82) is 5.26 Å². The number of aromatic nitrogens is 2. The van der Waals surface area contributed by atoms with Crippen LogP contribution in [0.5, 0.6) is 0 Å². The topological polar surface area (TPSA) is 57.6 Å². The standard InChI is InChI=1S/C13H10N3O/c14-9-11-3-1-2-4-12(11)13(17)10-16-7-5-15-6-8-16/h1-8H,10H2/q+1. The highest BCUT2D eigenvalue weighted by Crippen LogP contribution is 2.07. The lowest BCUT2D eigenvalue weighted by molar-refractivity contribution is -0.683. The summed E-state index contributed by atoms with van der Waals surface area (Å²) in [4.78, 5) is 15.9. The Balaban J connectivity index is 2.24. The molecule has 0 saturated carbocycles. The number of ketones is 1. The molecule has 1 heterocycles. The summed E-state index contributed by atoms with van der Waals surface area (Å²) in [7, 11) is 0. The van der Waals surface area contributed by atoms with Gasteiger partial charge in [0.2, 0.25) is 12.3 Å². The minimum absolute atomic E-state index is 0.0849. The third-order valence-electron chi connectivity index (χ3n) is 2.36.